The van der Waals surface area contributed by atoms with Crippen LogP contribution in [0.5, 0.6) is 0 Å². The first-order chi connectivity index (χ1) is 17.3. The fourth-order valence-corrected chi connectivity index (χ4v) is 5.14. The lowest BCUT2D eigenvalue weighted by Gasteiger charge is -2.17. The van der Waals surface area contributed by atoms with Gasteiger partial charge in [-0.05, 0) is 65.4 Å². The third-order valence-corrected chi connectivity index (χ3v) is 7.23. The highest BCUT2D eigenvalue weighted by Gasteiger charge is 2.40. The van der Waals surface area contributed by atoms with Crippen LogP contribution in [0.15, 0.2) is 41.5 Å². The minimum Gasteiger partial charge on any atom is -0.360 e. The number of nitrogens with zero attached hydrogens (tertiary/aromatic N) is 2. The van der Waals surface area contributed by atoms with Crippen molar-refractivity contribution >= 4 is 80.7 Å². The van der Waals surface area contributed by atoms with Gasteiger partial charge in [-0.25, -0.2) is 0 Å². The van der Waals surface area contributed by atoms with E-state index in [1.807, 2.05) is 12.1 Å². The van der Waals surface area contributed by atoms with Crippen molar-refractivity contribution in [3.8, 4) is 0 Å². The Balaban J connectivity index is 1.70. The van der Waals surface area contributed by atoms with Crippen LogP contribution >= 0.6 is 57.4 Å². The molecule has 0 spiro atoms. The second kappa shape index (κ2) is 14.5. The van der Waals surface area contributed by atoms with Crippen molar-refractivity contribution in [3.05, 3.63) is 60.6 Å². The molecular formula is C26H29Cl3IN3O3. The summed E-state index contributed by atoms with van der Waals surface area (Å²) in [6.45, 7) is 2.57. The standard InChI is InChI=1S/C26H29Cl3IN3O3/c1-2-3-4-5-6-7-8-9-14-36-23-24(31-25(34)17-10-12-19(30)13-11-17)32-33(26(23)35)22-20(28)15-18(27)16-21(22)29/h10-13,15-16,23H,2-9,14H2,1H3,(H,31,32,34). The Bertz CT molecular complexity index is 1070. The van der Waals surface area contributed by atoms with E-state index in [-0.39, 0.29) is 21.6 Å². The Hall–Kier alpha value is -1.39. The van der Waals surface area contributed by atoms with E-state index in [9.17, 15) is 9.59 Å². The average Bonchev–Trinajstić information content (AvgIpc) is 3.12. The maximum Gasteiger partial charge on any atom is 0.284 e. The van der Waals surface area contributed by atoms with E-state index >= 15 is 0 Å². The number of nitrogens with one attached hydrogen (secondary N) is 1. The number of carbonyl (C=O) groups is 2. The molecule has 0 fully saturated rings. The summed E-state index contributed by atoms with van der Waals surface area (Å²) in [6.07, 6.45) is 8.08. The predicted molar refractivity (Wildman–Crippen MR) is 155 cm³/mol. The molecule has 10 heteroatoms. The number of carbonyl (C=O) groups excluding carboxylic acids is 2. The van der Waals surface area contributed by atoms with Crippen LogP contribution < -0.4 is 10.3 Å². The van der Waals surface area contributed by atoms with Crippen molar-refractivity contribution in [3.63, 3.8) is 0 Å². The van der Waals surface area contributed by atoms with Crippen LogP contribution in [-0.2, 0) is 9.53 Å². The van der Waals surface area contributed by atoms with Crippen LogP contribution in [0, 0.1) is 3.57 Å². The molecule has 6 nitrogen and oxygen atoms in total. The molecule has 0 aromatic heterocycles. The van der Waals surface area contributed by atoms with Gasteiger partial charge < -0.3 is 10.1 Å². The fourth-order valence-electron chi connectivity index (χ4n) is 3.80. The van der Waals surface area contributed by atoms with Gasteiger partial charge in [-0.1, -0.05) is 86.7 Å². The minimum atomic E-state index is -1.08. The molecule has 0 aliphatic carbocycles. The largest absolute Gasteiger partial charge is 0.360 e. The number of rotatable bonds is 12. The molecule has 1 aliphatic heterocycles. The van der Waals surface area contributed by atoms with E-state index in [1.54, 1.807) is 12.1 Å². The molecule has 0 bridgehead atoms. The van der Waals surface area contributed by atoms with Crippen molar-refractivity contribution in [2.75, 3.05) is 11.6 Å². The number of amides is 2. The predicted octanol–water partition coefficient (Wildman–Crippen LogP) is 7.87. The molecule has 0 saturated heterocycles. The van der Waals surface area contributed by atoms with Crippen LogP contribution in [0.3, 0.4) is 0 Å². The van der Waals surface area contributed by atoms with Gasteiger partial charge in [0.25, 0.3) is 11.8 Å². The normalized spacial score (nSPS) is 15.4. The molecule has 2 aromatic carbocycles. The minimum absolute atomic E-state index is 0.0881. The highest BCUT2D eigenvalue weighted by Crippen LogP contribution is 2.38. The average molecular weight is 665 g/mol. The number of benzene rings is 2. The quantitative estimate of drug-likeness (QED) is 0.186. The summed E-state index contributed by atoms with van der Waals surface area (Å²) in [7, 11) is 0. The second-order valence-electron chi connectivity index (χ2n) is 8.54. The SMILES string of the molecule is CCCCCCCCCCOC1C(=O)N(c2c(Cl)cc(Cl)cc2Cl)N=C1NC(=O)c1ccc(I)cc1. The van der Waals surface area contributed by atoms with Crippen molar-refractivity contribution in [1.82, 2.24) is 5.32 Å². The molecule has 2 amide bonds. The number of anilines is 1. The van der Waals surface area contributed by atoms with Gasteiger partial charge in [0.05, 0.1) is 10.0 Å². The number of halogens is 4. The molecular weight excluding hydrogens is 636 g/mol. The maximum atomic E-state index is 13.3. The Morgan fingerprint density at radius 1 is 1.00 bits per heavy atom. The van der Waals surface area contributed by atoms with Gasteiger partial charge in [-0.2, -0.15) is 5.01 Å². The lowest BCUT2D eigenvalue weighted by atomic mass is 10.1. The summed E-state index contributed by atoms with van der Waals surface area (Å²) < 4.78 is 6.94. The van der Waals surface area contributed by atoms with Gasteiger partial charge in [0.2, 0.25) is 0 Å². The van der Waals surface area contributed by atoms with Crippen molar-refractivity contribution in [2.24, 2.45) is 5.10 Å². The monoisotopic (exact) mass is 663 g/mol. The van der Waals surface area contributed by atoms with Gasteiger partial charge >= 0.3 is 0 Å². The summed E-state index contributed by atoms with van der Waals surface area (Å²) in [5.41, 5.74) is 0.625. The molecule has 0 radical (unpaired) electrons. The summed E-state index contributed by atoms with van der Waals surface area (Å²) in [5.74, 6) is -0.794. The summed E-state index contributed by atoms with van der Waals surface area (Å²) >= 11 is 20.9. The molecule has 1 N–H and O–H groups in total. The van der Waals surface area contributed by atoms with E-state index < -0.39 is 17.9 Å². The van der Waals surface area contributed by atoms with E-state index in [4.69, 9.17) is 39.5 Å². The van der Waals surface area contributed by atoms with Gasteiger partial charge in [-0.3, -0.25) is 9.59 Å². The highest BCUT2D eigenvalue weighted by atomic mass is 127. The number of ether oxygens (including phenoxy) is 1. The zero-order chi connectivity index (χ0) is 26.1. The lowest BCUT2D eigenvalue weighted by Crippen LogP contribution is -2.42. The van der Waals surface area contributed by atoms with E-state index in [0.717, 1.165) is 27.8 Å². The van der Waals surface area contributed by atoms with Crippen LogP contribution in [0.2, 0.25) is 15.1 Å². The molecule has 1 heterocycles. The Morgan fingerprint density at radius 2 is 1.58 bits per heavy atom. The molecule has 1 atom stereocenters. The van der Waals surface area contributed by atoms with Crippen LogP contribution in [-0.4, -0.2) is 30.4 Å². The zero-order valence-corrected chi connectivity index (χ0v) is 24.5. The van der Waals surface area contributed by atoms with E-state index in [2.05, 4.69) is 39.9 Å². The molecule has 36 heavy (non-hydrogen) atoms. The zero-order valence-electron chi connectivity index (χ0n) is 20.0. The fraction of sp³-hybridized carbons (Fsp3) is 0.423. The van der Waals surface area contributed by atoms with Crippen molar-refractivity contribution in [2.45, 2.75) is 64.4 Å². The molecule has 194 valence electrons. The molecule has 1 unspecified atom stereocenters. The summed E-state index contributed by atoms with van der Waals surface area (Å²) in [6, 6.07) is 10.0. The maximum absolute atomic E-state index is 13.3. The Morgan fingerprint density at radius 3 is 2.19 bits per heavy atom. The molecule has 3 rings (SSSR count). The van der Waals surface area contributed by atoms with E-state index in [0.29, 0.717) is 17.2 Å². The molecule has 2 aromatic rings. The van der Waals surface area contributed by atoms with Crippen LogP contribution in [0.25, 0.3) is 0 Å². The van der Waals surface area contributed by atoms with Gasteiger partial charge in [0.1, 0.15) is 5.69 Å². The Labute approximate surface area is 240 Å². The second-order valence-corrected chi connectivity index (χ2v) is 11.0. The van der Waals surface area contributed by atoms with Crippen molar-refractivity contribution in [1.29, 1.82) is 0 Å². The van der Waals surface area contributed by atoms with Gasteiger partial charge in [-0.15, -0.1) is 5.10 Å². The lowest BCUT2D eigenvalue weighted by molar-refractivity contribution is -0.125. The van der Waals surface area contributed by atoms with Crippen LogP contribution in [0.4, 0.5) is 5.69 Å². The van der Waals surface area contributed by atoms with Crippen molar-refractivity contribution < 1.29 is 14.3 Å². The van der Waals surface area contributed by atoms with Gasteiger partial charge in [0, 0.05) is 20.8 Å². The first-order valence-corrected chi connectivity index (χ1v) is 14.3. The number of unbranched alkanes of at least 4 members (excludes halogenated alkanes) is 7. The first-order valence-electron chi connectivity index (χ1n) is 12.1. The summed E-state index contributed by atoms with van der Waals surface area (Å²) in [5, 5.41) is 8.81. The number of hydrazone groups is 1. The van der Waals surface area contributed by atoms with Gasteiger partial charge in [0.15, 0.2) is 11.9 Å². The number of hydrogen-bond acceptors (Lipinski definition) is 4. The number of amidine groups is 1. The van der Waals surface area contributed by atoms with E-state index in [1.165, 1.54) is 44.2 Å². The molecule has 1 aliphatic rings. The topological polar surface area (TPSA) is 71.0 Å². The molecule has 0 saturated carbocycles. The van der Waals surface area contributed by atoms with Crippen LogP contribution in [0.1, 0.15) is 68.6 Å². The highest BCUT2D eigenvalue weighted by molar-refractivity contribution is 14.1. The third kappa shape index (κ3) is 8.05. The first kappa shape index (κ1) is 29.2. The number of hydrogen-bond donors (Lipinski definition) is 1. The summed E-state index contributed by atoms with van der Waals surface area (Å²) in [4.78, 5) is 26.2. The Kier molecular flexibility index (Phi) is 11.8. The smallest absolute Gasteiger partial charge is 0.284 e. The third-order valence-electron chi connectivity index (χ3n) is 5.71.